The minimum absolute atomic E-state index is 0.232. The molecule has 0 amide bonds. The molecule has 1 N–H and O–H groups in total. The molecule has 5 heteroatoms. The average Bonchev–Trinajstić information content (AvgIpc) is 2.29. The minimum Gasteiger partial charge on any atom is -0.496 e. The van der Waals surface area contributed by atoms with Gasteiger partial charge in [0.05, 0.1) is 13.7 Å². The third-order valence-corrected chi connectivity index (χ3v) is 3.35. The highest BCUT2D eigenvalue weighted by molar-refractivity contribution is 9.10. The van der Waals surface area contributed by atoms with E-state index in [2.05, 4.69) is 15.9 Å². The number of rotatable bonds is 4. The second kappa shape index (κ2) is 6.20. The number of aliphatic hydroxyl groups excluding tert-OH is 1. The third kappa shape index (κ3) is 2.84. The van der Waals surface area contributed by atoms with Crippen LogP contribution in [0.5, 0.6) is 5.75 Å². The van der Waals surface area contributed by atoms with Crippen molar-refractivity contribution in [2.45, 2.75) is 26.9 Å². The molecule has 0 aliphatic heterocycles. The molecule has 1 aromatic carbocycles. The van der Waals surface area contributed by atoms with E-state index >= 15 is 0 Å². The summed E-state index contributed by atoms with van der Waals surface area (Å²) < 4.78 is 10.8. The van der Waals surface area contributed by atoms with E-state index in [9.17, 15) is 9.90 Å². The number of benzene rings is 1. The van der Waals surface area contributed by atoms with E-state index in [0.29, 0.717) is 15.8 Å². The van der Waals surface area contributed by atoms with Crippen molar-refractivity contribution in [3.05, 3.63) is 27.2 Å². The Morgan fingerprint density at radius 3 is 2.61 bits per heavy atom. The van der Waals surface area contributed by atoms with E-state index in [4.69, 9.17) is 9.47 Å². The zero-order chi connectivity index (χ0) is 13.9. The van der Waals surface area contributed by atoms with Crippen LogP contribution in [0.1, 0.15) is 29.7 Å². The van der Waals surface area contributed by atoms with Crippen molar-refractivity contribution in [3.63, 3.8) is 0 Å². The lowest BCUT2D eigenvalue weighted by molar-refractivity contribution is -0.153. The first kappa shape index (κ1) is 15.0. The Balaban J connectivity index is 3.28. The lowest BCUT2D eigenvalue weighted by Gasteiger charge is -2.18. The highest BCUT2D eigenvalue weighted by Crippen LogP contribution is 2.36. The van der Waals surface area contributed by atoms with Crippen LogP contribution >= 0.6 is 15.9 Å². The molecule has 1 atom stereocenters. The number of carbonyl (C=O) groups is 1. The summed E-state index contributed by atoms with van der Waals surface area (Å²) >= 11 is 3.36. The highest BCUT2D eigenvalue weighted by atomic mass is 79.9. The first-order valence-electron chi connectivity index (χ1n) is 5.62. The standard InChI is InChI=1S/C13H17BrO4/c1-5-18-13(16)11(15)10-8(3)12(17-4)7(2)6-9(10)14/h6,11,15H,5H2,1-4H3. The van der Waals surface area contributed by atoms with Crippen molar-refractivity contribution >= 4 is 21.9 Å². The van der Waals surface area contributed by atoms with Crippen LogP contribution in [-0.2, 0) is 9.53 Å². The average molecular weight is 317 g/mol. The Morgan fingerprint density at radius 2 is 2.11 bits per heavy atom. The minimum atomic E-state index is -1.31. The maximum absolute atomic E-state index is 11.6. The number of carbonyl (C=O) groups excluding carboxylic acids is 1. The molecule has 0 aliphatic carbocycles. The summed E-state index contributed by atoms with van der Waals surface area (Å²) in [7, 11) is 1.56. The van der Waals surface area contributed by atoms with Gasteiger partial charge in [-0.2, -0.15) is 0 Å². The summed E-state index contributed by atoms with van der Waals surface area (Å²) in [6.45, 7) is 5.63. The van der Waals surface area contributed by atoms with Crippen LogP contribution in [0.15, 0.2) is 10.5 Å². The number of hydrogen-bond acceptors (Lipinski definition) is 4. The van der Waals surface area contributed by atoms with Crippen LogP contribution < -0.4 is 4.74 Å². The van der Waals surface area contributed by atoms with Crippen molar-refractivity contribution in [1.29, 1.82) is 0 Å². The number of hydrogen-bond donors (Lipinski definition) is 1. The van der Waals surface area contributed by atoms with E-state index < -0.39 is 12.1 Å². The summed E-state index contributed by atoms with van der Waals surface area (Å²) in [5.74, 6) is 0.00348. The topological polar surface area (TPSA) is 55.8 Å². The molecule has 0 aromatic heterocycles. The van der Waals surface area contributed by atoms with Gasteiger partial charge < -0.3 is 14.6 Å². The normalized spacial score (nSPS) is 12.1. The maximum Gasteiger partial charge on any atom is 0.339 e. The van der Waals surface area contributed by atoms with Crippen LogP contribution in [0.4, 0.5) is 0 Å². The van der Waals surface area contributed by atoms with Crippen LogP contribution in [0.25, 0.3) is 0 Å². The summed E-state index contributed by atoms with van der Waals surface area (Å²) in [6, 6.07) is 1.81. The van der Waals surface area contributed by atoms with E-state index in [-0.39, 0.29) is 6.61 Å². The molecule has 100 valence electrons. The smallest absolute Gasteiger partial charge is 0.339 e. The molecule has 0 aliphatic rings. The lowest BCUT2D eigenvalue weighted by Crippen LogP contribution is -2.17. The molecule has 1 aromatic rings. The van der Waals surface area contributed by atoms with Gasteiger partial charge >= 0.3 is 5.97 Å². The Hall–Kier alpha value is -1.07. The van der Waals surface area contributed by atoms with Crippen LogP contribution in [0, 0.1) is 13.8 Å². The zero-order valence-corrected chi connectivity index (χ0v) is 12.5. The number of aryl methyl sites for hydroxylation is 1. The number of halogens is 1. The molecule has 0 bridgehead atoms. The summed E-state index contributed by atoms with van der Waals surface area (Å²) in [6.07, 6.45) is -1.31. The van der Waals surface area contributed by atoms with Crippen molar-refractivity contribution in [3.8, 4) is 5.75 Å². The van der Waals surface area contributed by atoms with E-state index in [0.717, 1.165) is 11.1 Å². The molecule has 0 fully saturated rings. The number of ether oxygens (including phenoxy) is 2. The third-order valence-electron chi connectivity index (χ3n) is 2.69. The Morgan fingerprint density at radius 1 is 1.50 bits per heavy atom. The lowest BCUT2D eigenvalue weighted by atomic mass is 9.99. The molecular formula is C13H17BrO4. The summed E-state index contributed by atoms with van der Waals surface area (Å²) in [4.78, 5) is 11.6. The zero-order valence-electron chi connectivity index (χ0n) is 10.9. The van der Waals surface area contributed by atoms with Crippen molar-refractivity contribution in [1.82, 2.24) is 0 Å². The SMILES string of the molecule is CCOC(=O)C(O)c1c(Br)cc(C)c(OC)c1C. The summed E-state index contributed by atoms with van der Waals surface area (Å²) in [5.41, 5.74) is 2.14. The van der Waals surface area contributed by atoms with Gasteiger partial charge in [-0.3, -0.25) is 0 Å². The van der Waals surface area contributed by atoms with Crippen LogP contribution in [0.2, 0.25) is 0 Å². The second-order valence-electron chi connectivity index (χ2n) is 3.90. The van der Waals surface area contributed by atoms with Crippen molar-refractivity contribution in [2.24, 2.45) is 0 Å². The Labute approximate surface area is 115 Å². The maximum atomic E-state index is 11.6. The quantitative estimate of drug-likeness (QED) is 0.868. The predicted molar refractivity (Wildman–Crippen MR) is 71.8 cm³/mol. The summed E-state index contributed by atoms with van der Waals surface area (Å²) in [5, 5.41) is 10.0. The van der Waals surface area contributed by atoms with Gasteiger partial charge in [-0.15, -0.1) is 0 Å². The largest absolute Gasteiger partial charge is 0.496 e. The van der Waals surface area contributed by atoms with Crippen LogP contribution in [-0.4, -0.2) is 24.8 Å². The van der Waals surface area contributed by atoms with Gasteiger partial charge in [0.2, 0.25) is 0 Å². The predicted octanol–water partition coefficient (Wildman–Crippen LogP) is 2.67. The number of esters is 1. The molecule has 0 saturated heterocycles. The van der Waals surface area contributed by atoms with Crippen LogP contribution in [0.3, 0.4) is 0 Å². The monoisotopic (exact) mass is 316 g/mol. The molecule has 1 unspecified atom stereocenters. The molecule has 4 nitrogen and oxygen atoms in total. The fourth-order valence-electron chi connectivity index (χ4n) is 1.92. The van der Waals surface area contributed by atoms with Crippen molar-refractivity contribution < 1.29 is 19.4 Å². The molecule has 0 spiro atoms. The molecule has 0 heterocycles. The molecular weight excluding hydrogens is 300 g/mol. The molecule has 18 heavy (non-hydrogen) atoms. The van der Waals surface area contributed by atoms with E-state index in [1.807, 2.05) is 13.0 Å². The molecule has 0 radical (unpaired) electrons. The number of methoxy groups -OCH3 is 1. The van der Waals surface area contributed by atoms with E-state index in [1.165, 1.54) is 0 Å². The first-order valence-corrected chi connectivity index (χ1v) is 6.41. The van der Waals surface area contributed by atoms with Gasteiger partial charge in [0.25, 0.3) is 0 Å². The van der Waals surface area contributed by atoms with Gasteiger partial charge in [0.15, 0.2) is 6.10 Å². The van der Waals surface area contributed by atoms with Crippen molar-refractivity contribution in [2.75, 3.05) is 13.7 Å². The van der Waals surface area contributed by atoms with Gasteiger partial charge in [0, 0.05) is 10.0 Å². The molecule has 1 rings (SSSR count). The number of aliphatic hydroxyl groups is 1. The second-order valence-corrected chi connectivity index (χ2v) is 4.76. The fourth-order valence-corrected chi connectivity index (χ4v) is 2.78. The van der Waals surface area contributed by atoms with Gasteiger partial charge in [0.1, 0.15) is 5.75 Å². The first-order chi connectivity index (χ1) is 8.43. The Kier molecular flexibility index (Phi) is 5.16. The van der Waals surface area contributed by atoms with Gasteiger partial charge in [-0.05, 0) is 38.0 Å². The van der Waals surface area contributed by atoms with Gasteiger partial charge in [-0.25, -0.2) is 4.79 Å². The molecule has 0 saturated carbocycles. The fraction of sp³-hybridized carbons (Fsp3) is 0.462. The van der Waals surface area contributed by atoms with Gasteiger partial charge in [-0.1, -0.05) is 15.9 Å². The Bertz CT molecular complexity index is 457. The van der Waals surface area contributed by atoms with E-state index in [1.54, 1.807) is 21.0 Å². The highest BCUT2D eigenvalue weighted by Gasteiger charge is 2.25.